The lowest BCUT2D eigenvalue weighted by atomic mass is 10.1. The maximum Gasteiger partial charge on any atom is 0.336 e. The Morgan fingerprint density at radius 3 is 2.72 bits per heavy atom. The molecule has 4 heteroatoms. The van der Waals surface area contributed by atoms with Crippen molar-refractivity contribution in [3.8, 4) is 0 Å². The van der Waals surface area contributed by atoms with E-state index in [1.807, 2.05) is 11.9 Å². The molecule has 0 spiro atoms. The van der Waals surface area contributed by atoms with Crippen molar-refractivity contribution in [1.82, 2.24) is 4.90 Å². The Morgan fingerprint density at radius 2 is 2.17 bits per heavy atom. The second kappa shape index (κ2) is 6.50. The van der Waals surface area contributed by atoms with Gasteiger partial charge in [0.05, 0.1) is 5.56 Å². The minimum atomic E-state index is -1.01. The molecule has 0 radical (unpaired) electrons. The number of halogens is 1. The Hall–Kier alpha value is -1.42. The van der Waals surface area contributed by atoms with Gasteiger partial charge in [-0.25, -0.2) is 9.18 Å². The van der Waals surface area contributed by atoms with Crippen LogP contribution in [0.2, 0.25) is 0 Å². The number of rotatable bonds is 6. The molecular formula is C14H20FNO2. The number of hydrogen-bond acceptors (Lipinski definition) is 2. The third-order valence-electron chi connectivity index (χ3n) is 3.06. The zero-order chi connectivity index (χ0) is 13.7. The Bertz CT molecular complexity index is 420. The molecule has 0 aromatic heterocycles. The average Bonchev–Trinajstić information content (AvgIpc) is 2.28. The Morgan fingerprint density at radius 1 is 1.50 bits per heavy atom. The third kappa shape index (κ3) is 4.11. The van der Waals surface area contributed by atoms with E-state index in [0.717, 1.165) is 13.0 Å². The fraction of sp³-hybridized carbons (Fsp3) is 0.500. The van der Waals surface area contributed by atoms with Crippen molar-refractivity contribution < 1.29 is 14.3 Å². The van der Waals surface area contributed by atoms with Gasteiger partial charge in [-0.05, 0) is 36.7 Å². The van der Waals surface area contributed by atoms with Crippen molar-refractivity contribution in [2.75, 3.05) is 13.6 Å². The largest absolute Gasteiger partial charge is 0.478 e. The van der Waals surface area contributed by atoms with Gasteiger partial charge in [0, 0.05) is 13.1 Å². The lowest BCUT2D eigenvalue weighted by molar-refractivity contribution is 0.0694. The van der Waals surface area contributed by atoms with E-state index in [-0.39, 0.29) is 5.56 Å². The second-order valence-electron chi connectivity index (χ2n) is 4.82. The highest BCUT2D eigenvalue weighted by molar-refractivity contribution is 5.89. The second-order valence-corrected chi connectivity index (χ2v) is 4.82. The summed E-state index contributed by atoms with van der Waals surface area (Å²) >= 11 is 0. The van der Waals surface area contributed by atoms with Gasteiger partial charge in [0.1, 0.15) is 5.82 Å². The van der Waals surface area contributed by atoms with Gasteiger partial charge in [-0.2, -0.15) is 0 Å². The van der Waals surface area contributed by atoms with Crippen molar-refractivity contribution in [1.29, 1.82) is 0 Å². The molecule has 1 unspecified atom stereocenters. The van der Waals surface area contributed by atoms with Crippen LogP contribution in [0.15, 0.2) is 18.2 Å². The lowest BCUT2D eigenvalue weighted by Crippen LogP contribution is -2.24. The fourth-order valence-corrected chi connectivity index (χ4v) is 1.92. The van der Waals surface area contributed by atoms with Crippen LogP contribution in [0.1, 0.15) is 36.2 Å². The van der Waals surface area contributed by atoms with Crippen molar-refractivity contribution in [3.05, 3.63) is 35.1 Å². The van der Waals surface area contributed by atoms with E-state index in [0.29, 0.717) is 18.0 Å². The maximum atomic E-state index is 13.2. The standard InChI is InChI=1S/C14H20FNO2/c1-4-10(2)8-16(3)9-11-7-12(15)5-6-13(11)14(17)18/h5-7,10H,4,8-9H2,1-3H3,(H,17,18). The smallest absolute Gasteiger partial charge is 0.336 e. The Kier molecular flexibility index (Phi) is 5.28. The number of benzene rings is 1. The first-order valence-corrected chi connectivity index (χ1v) is 6.14. The van der Waals surface area contributed by atoms with Crippen LogP contribution in [0.5, 0.6) is 0 Å². The summed E-state index contributed by atoms with van der Waals surface area (Å²) in [5, 5.41) is 9.06. The molecule has 1 aromatic rings. The molecule has 0 saturated carbocycles. The molecule has 1 aromatic carbocycles. The first-order chi connectivity index (χ1) is 8.43. The molecule has 100 valence electrons. The summed E-state index contributed by atoms with van der Waals surface area (Å²) in [6, 6.07) is 3.81. The molecule has 1 rings (SSSR count). The summed E-state index contributed by atoms with van der Waals surface area (Å²) in [7, 11) is 1.92. The van der Waals surface area contributed by atoms with Crippen LogP contribution in [0.4, 0.5) is 4.39 Å². The fourth-order valence-electron chi connectivity index (χ4n) is 1.92. The number of nitrogens with zero attached hydrogens (tertiary/aromatic N) is 1. The third-order valence-corrected chi connectivity index (χ3v) is 3.06. The monoisotopic (exact) mass is 253 g/mol. The SMILES string of the molecule is CCC(C)CN(C)Cc1cc(F)ccc1C(=O)O. The molecule has 0 bridgehead atoms. The van der Waals surface area contributed by atoms with Crippen molar-refractivity contribution in [2.24, 2.45) is 5.92 Å². The first kappa shape index (κ1) is 14.6. The van der Waals surface area contributed by atoms with Gasteiger partial charge in [-0.15, -0.1) is 0 Å². The van der Waals surface area contributed by atoms with E-state index < -0.39 is 11.8 Å². The summed E-state index contributed by atoms with van der Waals surface area (Å²) in [6.45, 7) is 5.57. The van der Waals surface area contributed by atoms with E-state index in [1.54, 1.807) is 0 Å². The summed E-state index contributed by atoms with van der Waals surface area (Å²) in [6.07, 6.45) is 1.07. The van der Waals surface area contributed by atoms with Gasteiger partial charge in [0.2, 0.25) is 0 Å². The first-order valence-electron chi connectivity index (χ1n) is 6.14. The van der Waals surface area contributed by atoms with E-state index in [4.69, 9.17) is 5.11 Å². The zero-order valence-electron chi connectivity index (χ0n) is 11.1. The van der Waals surface area contributed by atoms with E-state index >= 15 is 0 Å². The molecule has 0 heterocycles. The average molecular weight is 253 g/mol. The van der Waals surface area contributed by atoms with Crippen LogP contribution in [0.3, 0.4) is 0 Å². The van der Waals surface area contributed by atoms with Crippen LogP contribution < -0.4 is 0 Å². The highest BCUT2D eigenvalue weighted by Crippen LogP contribution is 2.15. The molecule has 0 aliphatic heterocycles. The summed E-state index contributed by atoms with van der Waals surface area (Å²) in [4.78, 5) is 13.1. The molecule has 18 heavy (non-hydrogen) atoms. The molecule has 0 aliphatic rings. The minimum Gasteiger partial charge on any atom is -0.478 e. The van der Waals surface area contributed by atoms with E-state index in [1.165, 1.54) is 18.2 Å². The summed E-state index contributed by atoms with van der Waals surface area (Å²) < 4.78 is 13.2. The lowest BCUT2D eigenvalue weighted by Gasteiger charge is -2.21. The van der Waals surface area contributed by atoms with Gasteiger partial charge >= 0.3 is 5.97 Å². The molecule has 0 aliphatic carbocycles. The van der Waals surface area contributed by atoms with Crippen molar-refractivity contribution in [3.63, 3.8) is 0 Å². The number of hydrogen-bond donors (Lipinski definition) is 1. The minimum absolute atomic E-state index is 0.174. The zero-order valence-corrected chi connectivity index (χ0v) is 11.1. The predicted octanol–water partition coefficient (Wildman–Crippen LogP) is 3.00. The van der Waals surface area contributed by atoms with Gasteiger partial charge in [-0.3, -0.25) is 0 Å². The summed E-state index contributed by atoms with van der Waals surface area (Å²) in [5.74, 6) is -0.870. The van der Waals surface area contributed by atoms with Crippen LogP contribution >= 0.6 is 0 Å². The number of carboxylic acid groups (broad SMARTS) is 1. The van der Waals surface area contributed by atoms with Crippen LogP contribution in [0, 0.1) is 11.7 Å². The van der Waals surface area contributed by atoms with Crippen molar-refractivity contribution >= 4 is 5.97 Å². The Labute approximate surface area is 107 Å². The molecule has 0 amide bonds. The molecule has 0 saturated heterocycles. The van der Waals surface area contributed by atoms with Crippen LogP contribution in [-0.4, -0.2) is 29.6 Å². The molecular weight excluding hydrogens is 233 g/mol. The summed E-state index contributed by atoms with van der Waals surface area (Å²) in [5.41, 5.74) is 0.695. The maximum absolute atomic E-state index is 13.2. The number of carbonyl (C=O) groups is 1. The van der Waals surface area contributed by atoms with Crippen LogP contribution in [-0.2, 0) is 6.54 Å². The van der Waals surface area contributed by atoms with Gasteiger partial charge in [-0.1, -0.05) is 20.3 Å². The van der Waals surface area contributed by atoms with Crippen molar-refractivity contribution in [2.45, 2.75) is 26.8 Å². The molecule has 1 atom stereocenters. The molecule has 1 N–H and O–H groups in total. The highest BCUT2D eigenvalue weighted by Gasteiger charge is 2.13. The van der Waals surface area contributed by atoms with E-state index in [2.05, 4.69) is 13.8 Å². The molecule has 3 nitrogen and oxygen atoms in total. The number of carboxylic acids is 1. The predicted molar refractivity (Wildman–Crippen MR) is 69.1 cm³/mol. The normalized spacial score (nSPS) is 12.7. The Balaban J connectivity index is 2.82. The topological polar surface area (TPSA) is 40.5 Å². The number of aromatic carboxylic acids is 1. The van der Waals surface area contributed by atoms with Gasteiger partial charge in [0.15, 0.2) is 0 Å². The van der Waals surface area contributed by atoms with Gasteiger partial charge < -0.3 is 10.0 Å². The van der Waals surface area contributed by atoms with E-state index in [9.17, 15) is 9.18 Å². The quantitative estimate of drug-likeness (QED) is 0.847. The van der Waals surface area contributed by atoms with Gasteiger partial charge in [0.25, 0.3) is 0 Å². The highest BCUT2D eigenvalue weighted by atomic mass is 19.1. The van der Waals surface area contributed by atoms with Crippen LogP contribution in [0.25, 0.3) is 0 Å². The molecule has 0 fully saturated rings.